The summed E-state index contributed by atoms with van der Waals surface area (Å²) in [5, 5.41) is 3.48. The number of anilines is 1. The number of carbonyl (C=O) groups is 1. The largest absolute Gasteiger partial charge is 0.463 e. The van der Waals surface area contributed by atoms with Crippen LogP contribution in [-0.4, -0.2) is 34.8 Å². The average Bonchev–Trinajstić information content (AvgIpc) is 3.24. The number of aromatic amines is 1. The first-order chi connectivity index (χ1) is 14.5. The summed E-state index contributed by atoms with van der Waals surface area (Å²) >= 11 is 6.02. The molecule has 2 unspecified atom stereocenters. The van der Waals surface area contributed by atoms with Gasteiger partial charge in [-0.15, -0.1) is 0 Å². The zero-order valence-corrected chi connectivity index (χ0v) is 17.6. The monoisotopic (exact) mass is 428 g/mol. The number of halogens is 1. The smallest absolute Gasteiger partial charge is 0.241 e. The van der Waals surface area contributed by atoms with E-state index >= 15 is 0 Å². The van der Waals surface area contributed by atoms with Crippen LogP contribution in [0.5, 0.6) is 5.75 Å². The molecule has 0 saturated carbocycles. The van der Waals surface area contributed by atoms with Crippen molar-refractivity contribution in [2.45, 2.75) is 32.6 Å². The molecule has 0 radical (unpaired) electrons. The minimum Gasteiger partial charge on any atom is -0.463 e. The lowest BCUT2D eigenvalue weighted by atomic mass is 10.1. The highest BCUT2D eigenvalue weighted by Crippen LogP contribution is 2.30. The van der Waals surface area contributed by atoms with Crippen LogP contribution in [0.25, 0.3) is 11.4 Å². The Balaban J connectivity index is 1.80. The van der Waals surface area contributed by atoms with Gasteiger partial charge in [-0.05, 0) is 56.2 Å². The number of nitrogens with two attached hydrogens (primary N) is 1. The first-order valence-electron chi connectivity index (χ1n) is 9.69. The molecule has 3 aromatic rings. The van der Waals surface area contributed by atoms with Crippen molar-refractivity contribution in [3.05, 3.63) is 65.4 Å². The number of rotatable bonds is 9. The van der Waals surface area contributed by atoms with E-state index in [1.54, 1.807) is 43.6 Å². The third-order valence-electron chi connectivity index (χ3n) is 4.38. The van der Waals surface area contributed by atoms with E-state index in [0.717, 1.165) is 11.1 Å². The molecule has 0 spiro atoms. The number of hydrogen-bond donors (Lipinski definition) is 3. The topological polar surface area (TPSA) is 102 Å². The fourth-order valence-corrected chi connectivity index (χ4v) is 3.20. The molecule has 0 aliphatic carbocycles. The molecule has 158 valence electrons. The van der Waals surface area contributed by atoms with Crippen molar-refractivity contribution in [2.24, 2.45) is 5.73 Å². The third-order valence-corrected chi connectivity index (χ3v) is 4.62. The Morgan fingerprint density at radius 3 is 2.83 bits per heavy atom. The first-order valence-corrected chi connectivity index (χ1v) is 10.1. The lowest BCUT2D eigenvalue weighted by Crippen LogP contribution is -2.37. The predicted octanol–water partition coefficient (Wildman–Crippen LogP) is 4.00. The molecule has 2 atom stereocenters. The Bertz CT molecular complexity index is 978. The quantitative estimate of drug-likeness (QED) is 0.447. The van der Waals surface area contributed by atoms with Gasteiger partial charge in [-0.2, -0.15) is 0 Å². The number of nitrogens with one attached hydrogen (secondary N) is 2. The number of ether oxygens (including phenoxy) is 2. The first kappa shape index (κ1) is 21.8. The standard InChI is InChI=1S/C22H25ClN4O3/c1-3-29-14(2)30-20-8-7-16(21-25-9-10-26-21)13-19(20)27-22(28)18(24)12-15-5-4-6-17(23)11-15/h4-11,13-14,18H,3,12,24H2,1-2H3,(H,25,26)(H,27,28). The molecule has 0 aliphatic rings. The number of nitrogens with zero attached hydrogens (tertiary/aromatic N) is 1. The van der Waals surface area contributed by atoms with Crippen molar-refractivity contribution in [1.82, 2.24) is 9.97 Å². The van der Waals surface area contributed by atoms with Crippen molar-refractivity contribution in [3.63, 3.8) is 0 Å². The van der Waals surface area contributed by atoms with Crippen LogP contribution in [0.4, 0.5) is 5.69 Å². The van der Waals surface area contributed by atoms with Crippen LogP contribution >= 0.6 is 11.6 Å². The van der Waals surface area contributed by atoms with Gasteiger partial charge >= 0.3 is 0 Å². The van der Waals surface area contributed by atoms with Gasteiger partial charge < -0.3 is 25.5 Å². The van der Waals surface area contributed by atoms with Gasteiger partial charge in [0.1, 0.15) is 11.6 Å². The Morgan fingerprint density at radius 2 is 2.13 bits per heavy atom. The van der Waals surface area contributed by atoms with E-state index in [1.165, 1.54) is 0 Å². The molecular weight excluding hydrogens is 404 g/mol. The van der Waals surface area contributed by atoms with E-state index < -0.39 is 12.3 Å². The highest BCUT2D eigenvalue weighted by Gasteiger charge is 2.18. The SMILES string of the molecule is CCOC(C)Oc1ccc(-c2ncc[nH]2)cc1NC(=O)C(N)Cc1cccc(Cl)c1. The summed E-state index contributed by atoms with van der Waals surface area (Å²) in [7, 11) is 0. The van der Waals surface area contributed by atoms with E-state index in [4.69, 9.17) is 26.8 Å². The van der Waals surface area contributed by atoms with Crippen LogP contribution in [-0.2, 0) is 16.0 Å². The summed E-state index contributed by atoms with van der Waals surface area (Å²) in [5.41, 5.74) is 8.31. The molecule has 30 heavy (non-hydrogen) atoms. The van der Waals surface area contributed by atoms with Gasteiger partial charge in [-0.25, -0.2) is 4.98 Å². The van der Waals surface area contributed by atoms with Gasteiger partial charge in [-0.1, -0.05) is 23.7 Å². The highest BCUT2D eigenvalue weighted by atomic mass is 35.5. The van der Waals surface area contributed by atoms with E-state index in [9.17, 15) is 4.79 Å². The molecule has 4 N–H and O–H groups in total. The second-order valence-corrected chi connectivity index (χ2v) is 7.16. The van der Waals surface area contributed by atoms with Crippen LogP contribution in [0.1, 0.15) is 19.4 Å². The van der Waals surface area contributed by atoms with Gasteiger partial charge in [0.05, 0.1) is 11.7 Å². The number of carbonyl (C=O) groups excluding carboxylic acids is 1. The molecule has 3 rings (SSSR count). The lowest BCUT2D eigenvalue weighted by molar-refractivity contribution is -0.117. The van der Waals surface area contributed by atoms with Crippen molar-refractivity contribution < 1.29 is 14.3 Å². The summed E-state index contributed by atoms with van der Waals surface area (Å²) in [6.45, 7) is 4.19. The van der Waals surface area contributed by atoms with Crippen LogP contribution in [0, 0.1) is 0 Å². The van der Waals surface area contributed by atoms with Crippen LogP contribution in [0.2, 0.25) is 5.02 Å². The lowest BCUT2D eigenvalue weighted by Gasteiger charge is -2.19. The highest BCUT2D eigenvalue weighted by molar-refractivity contribution is 6.30. The van der Waals surface area contributed by atoms with E-state index in [1.807, 2.05) is 25.1 Å². The average molecular weight is 429 g/mol. The minimum absolute atomic E-state index is 0.333. The van der Waals surface area contributed by atoms with E-state index in [2.05, 4.69) is 15.3 Å². The molecule has 7 nitrogen and oxygen atoms in total. The fourth-order valence-electron chi connectivity index (χ4n) is 2.98. The molecule has 1 amide bonds. The summed E-state index contributed by atoms with van der Waals surface area (Å²) in [6, 6.07) is 11.9. The molecule has 1 heterocycles. The van der Waals surface area contributed by atoms with Gasteiger partial charge in [0.15, 0.2) is 6.29 Å². The number of amides is 1. The Hall–Kier alpha value is -2.87. The minimum atomic E-state index is -0.757. The maximum absolute atomic E-state index is 12.8. The van der Waals surface area contributed by atoms with Gasteiger partial charge in [-0.3, -0.25) is 4.79 Å². The van der Waals surface area contributed by atoms with Crippen LogP contribution in [0.3, 0.4) is 0 Å². The maximum Gasteiger partial charge on any atom is 0.241 e. The Morgan fingerprint density at radius 1 is 1.30 bits per heavy atom. The predicted molar refractivity (Wildman–Crippen MR) is 118 cm³/mol. The molecular formula is C22H25ClN4O3. The van der Waals surface area contributed by atoms with Gasteiger partial charge in [0.2, 0.25) is 5.91 Å². The molecule has 0 aliphatic heterocycles. The third kappa shape index (κ3) is 5.82. The molecule has 0 fully saturated rings. The summed E-state index contributed by atoms with van der Waals surface area (Å²) in [5.74, 6) is 0.827. The van der Waals surface area contributed by atoms with Crippen LogP contribution < -0.4 is 15.8 Å². The zero-order chi connectivity index (χ0) is 21.5. The molecule has 8 heteroatoms. The number of benzene rings is 2. The number of H-pyrrole nitrogens is 1. The van der Waals surface area contributed by atoms with E-state index in [-0.39, 0.29) is 5.91 Å². The number of hydrogen-bond acceptors (Lipinski definition) is 5. The summed E-state index contributed by atoms with van der Waals surface area (Å²) in [6.07, 6.45) is 3.28. The second kappa shape index (κ2) is 10.2. The molecule has 2 aromatic carbocycles. The van der Waals surface area contributed by atoms with Crippen molar-refractivity contribution in [3.8, 4) is 17.1 Å². The van der Waals surface area contributed by atoms with Gasteiger partial charge in [0, 0.05) is 29.6 Å². The number of aromatic nitrogens is 2. The maximum atomic E-state index is 12.8. The summed E-state index contributed by atoms with van der Waals surface area (Å²) < 4.78 is 11.3. The Kier molecular flexibility index (Phi) is 7.46. The Labute approximate surface area is 180 Å². The normalized spacial score (nSPS) is 12.9. The zero-order valence-electron chi connectivity index (χ0n) is 16.9. The van der Waals surface area contributed by atoms with E-state index in [0.29, 0.717) is 35.3 Å². The summed E-state index contributed by atoms with van der Waals surface area (Å²) in [4.78, 5) is 20.1. The number of imidazole rings is 1. The second-order valence-electron chi connectivity index (χ2n) is 6.72. The van der Waals surface area contributed by atoms with Crippen molar-refractivity contribution >= 4 is 23.2 Å². The fraction of sp³-hybridized carbons (Fsp3) is 0.273. The molecule has 0 saturated heterocycles. The van der Waals surface area contributed by atoms with Crippen LogP contribution in [0.15, 0.2) is 54.9 Å². The van der Waals surface area contributed by atoms with Crippen molar-refractivity contribution in [1.29, 1.82) is 0 Å². The van der Waals surface area contributed by atoms with Crippen molar-refractivity contribution in [2.75, 3.05) is 11.9 Å². The van der Waals surface area contributed by atoms with Gasteiger partial charge in [0.25, 0.3) is 0 Å². The molecule has 1 aromatic heterocycles. The molecule has 0 bridgehead atoms.